The summed E-state index contributed by atoms with van der Waals surface area (Å²) in [5.74, 6) is 1.08. The summed E-state index contributed by atoms with van der Waals surface area (Å²) in [5.41, 5.74) is 0. The van der Waals surface area contributed by atoms with Crippen molar-refractivity contribution >= 4 is 11.8 Å². The highest BCUT2D eigenvalue weighted by molar-refractivity contribution is 8.00. The molecule has 2 rings (SSSR count). The molecule has 0 aromatic carbocycles. The van der Waals surface area contributed by atoms with E-state index in [0.717, 1.165) is 12.3 Å². The van der Waals surface area contributed by atoms with Crippen molar-refractivity contribution in [3.05, 3.63) is 4.91 Å². The van der Waals surface area contributed by atoms with Crippen molar-refractivity contribution in [1.82, 2.24) is 5.01 Å². The van der Waals surface area contributed by atoms with Gasteiger partial charge in [0.1, 0.15) is 0 Å². The van der Waals surface area contributed by atoms with Gasteiger partial charge in [0.25, 0.3) is 0 Å². The van der Waals surface area contributed by atoms with Crippen molar-refractivity contribution in [1.29, 1.82) is 0 Å². The summed E-state index contributed by atoms with van der Waals surface area (Å²) >= 11 is 2.03. The molecule has 0 aromatic heterocycles. The second-order valence-electron chi connectivity index (χ2n) is 3.51. The molecule has 3 nitrogen and oxygen atoms in total. The van der Waals surface area contributed by atoms with Gasteiger partial charge in [0, 0.05) is 17.5 Å². The SMILES string of the molecule is O=NN1CCSC2CCCCC21. The smallest absolute Gasteiger partial charge is 0.0621 e. The van der Waals surface area contributed by atoms with Gasteiger partial charge in [-0.15, -0.1) is 4.91 Å². The number of fused-ring (bicyclic) bond motifs is 1. The van der Waals surface area contributed by atoms with E-state index in [1.165, 1.54) is 25.7 Å². The minimum Gasteiger partial charge on any atom is -0.256 e. The molecule has 0 spiro atoms. The third-order valence-corrected chi connectivity index (χ3v) is 4.20. The number of hydrogen-bond acceptors (Lipinski definition) is 3. The highest BCUT2D eigenvalue weighted by Gasteiger charge is 2.33. The Kier molecular flexibility index (Phi) is 2.54. The molecule has 2 unspecified atom stereocenters. The average molecular weight is 186 g/mol. The fourth-order valence-electron chi connectivity index (χ4n) is 2.18. The van der Waals surface area contributed by atoms with Gasteiger partial charge in [-0.2, -0.15) is 11.8 Å². The zero-order chi connectivity index (χ0) is 8.39. The van der Waals surface area contributed by atoms with Gasteiger partial charge in [0.05, 0.1) is 11.3 Å². The van der Waals surface area contributed by atoms with Crippen LogP contribution in [0.4, 0.5) is 0 Å². The number of nitrogens with zero attached hydrogens (tertiary/aromatic N) is 2. The maximum absolute atomic E-state index is 10.5. The highest BCUT2D eigenvalue weighted by atomic mass is 32.2. The maximum atomic E-state index is 10.5. The standard InChI is InChI=1S/C8H14N2OS/c11-9-10-5-6-12-8-4-2-1-3-7(8)10/h7-8H,1-6H2. The first-order valence-corrected chi connectivity index (χ1v) is 5.68. The van der Waals surface area contributed by atoms with Crippen LogP contribution in [0, 0.1) is 4.91 Å². The number of thioether (sulfide) groups is 1. The van der Waals surface area contributed by atoms with Crippen molar-refractivity contribution in [2.75, 3.05) is 12.3 Å². The first-order chi connectivity index (χ1) is 5.92. The zero-order valence-corrected chi connectivity index (χ0v) is 7.92. The summed E-state index contributed by atoms with van der Waals surface area (Å²) in [4.78, 5) is 10.5. The van der Waals surface area contributed by atoms with Gasteiger partial charge >= 0.3 is 0 Å². The summed E-state index contributed by atoms with van der Waals surface area (Å²) in [5, 5.41) is 5.55. The fraction of sp³-hybridized carbons (Fsp3) is 1.00. The Morgan fingerprint density at radius 2 is 2.17 bits per heavy atom. The lowest BCUT2D eigenvalue weighted by molar-refractivity contribution is 0.167. The van der Waals surface area contributed by atoms with E-state index in [4.69, 9.17) is 0 Å². The molecule has 0 bridgehead atoms. The van der Waals surface area contributed by atoms with Gasteiger partial charge in [-0.3, -0.25) is 5.01 Å². The van der Waals surface area contributed by atoms with Gasteiger partial charge in [0.15, 0.2) is 0 Å². The molecule has 0 N–H and O–H groups in total. The zero-order valence-electron chi connectivity index (χ0n) is 7.11. The Labute approximate surface area is 76.8 Å². The lowest BCUT2D eigenvalue weighted by atomic mass is 9.94. The molecule has 2 fully saturated rings. The van der Waals surface area contributed by atoms with E-state index in [2.05, 4.69) is 5.29 Å². The Bertz CT molecular complexity index is 174. The van der Waals surface area contributed by atoms with Crippen LogP contribution < -0.4 is 0 Å². The van der Waals surface area contributed by atoms with Crippen molar-refractivity contribution in [3.63, 3.8) is 0 Å². The molecule has 0 aromatic rings. The van der Waals surface area contributed by atoms with Crippen LogP contribution in [0.3, 0.4) is 0 Å². The molecule has 1 saturated carbocycles. The van der Waals surface area contributed by atoms with Crippen molar-refractivity contribution in [2.24, 2.45) is 5.29 Å². The predicted molar refractivity (Wildman–Crippen MR) is 51.0 cm³/mol. The van der Waals surface area contributed by atoms with Crippen LogP contribution in [-0.2, 0) is 0 Å². The minimum atomic E-state index is 0.454. The molecule has 4 heteroatoms. The molecule has 1 saturated heterocycles. The first kappa shape index (κ1) is 8.35. The minimum absolute atomic E-state index is 0.454. The number of nitroso groups, excluding NO2 is 1. The van der Waals surface area contributed by atoms with Gasteiger partial charge in [-0.05, 0) is 12.8 Å². The summed E-state index contributed by atoms with van der Waals surface area (Å²) in [6.07, 6.45) is 5.05. The van der Waals surface area contributed by atoms with Crippen LogP contribution in [0.15, 0.2) is 5.29 Å². The fourth-order valence-corrected chi connectivity index (χ4v) is 3.60. The molecule has 0 amide bonds. The highest BCUT2D eigenvalue weighted by Crippen LogP contribution is 2.35. The van der Waals surface area contributed by atoms with E-state index >= 15 is 0 Å². The van der Waals surface area contributed by atoms with Crippen molar-refractivity contribution in [3.8, 4) is 0 Å². The van der Waals surface area contributed by atoms with Crippen molar-refractivity contribution < 1.29 is 0 Å². The van der Waals surface area contributed by atoms with Crippen molar-refractivity contribution in [2.45, 2.75) is 37.0 Å². The van der Waals surface area contributed by atoms with Crippen LogP contribution in [0.25, 0.3) is 0 Å². The Balaban J connectivity index is 2.03. The van der Waals surface area contributed by atoms with Crippen LogP contribution >= 0.6 is 11.8 Å². The van der Waals surface area contributed by atoms with E-state index < -0.39 is 0 Å². The Hall–Kier alpha value is -0.250. The average Bonchev–Trinajstić information content (AvgIpc) is 2.17. The lowest BCUT2D eigenvalue weighted by Gasteiger charge is -2.40. The summed E-state index contributed by atoms with van der Waals surface area (Å²) in [6.45, 7) is 0.856. The van der Waals surface area contributed by atoms with Crippen LogP contribution in [-0.4, -0.2) is 28.6 Å². The summed E-state index contributed by atoms with van der Waals surface area (Å²) < 4.78 is 0. The second-order valence-corrected chi connectivity index (χ2v) is 4.85. The quantitative estimate of drug-likeness (QED) is 0.587. The molecular weight excluding hydrogens is 172 g/mol. The molecule has 68 valence electrons. The Morgan fingerprint density at radius 1 is 1.33 bits per heavy atom. The third kappa shape index (κ3) is 1.44. The van der Waals surface area contributed by atoms with E-state index in [0.29, 0.717) is 11.3 Å². The first-order valence-electron chi connectivity index (χ1n) is 4.63. The summed E-state index contributed by atoms with van der Waals surface area (Å²) in [7, 11) is 0. The maximum Gasteiger partial charge on any atom is 0.0621 e. The van der Waals surface area contributed by atoms with Gasteiger partial charge in [-0.1, -0.05) is 12.8 Å². The molecule has 1 aliphatic heterocycles. The topological polar surface area (TPSA) is 32.7 Å². The molecule has 2 aliphatic rings. The van der Waals surface area contributed by atoms with Gasteiger partial charge in [-0.25, -0.2) is 0 Å². The third-order valence-electron chi connectivity index (χ3n) is 2.81. The van der Waals surface area contributed by atoms with E-state index in [1.54, 1.807) is 5.01 Å². The molecule has 1 aliphatic carbocycles. The Morgan fingerprint density at radius 3 is 3.00 bits per heavy atom. The van der Waals surface area contributed by atoms with E-state index in [9.17, 15) is 4.91 Å². The second kappa shape index (κ2) is 3.64. The molecular formula is C8H14N2OS. The normalized spacial score (nSPS) is 35.8. The van der Waals surface area contributed by atoms with E-state index in [1.807, 2.05) is 11.8 Å². The van der Waals surface area contributed by atoms with Gasteiger partial charge < -0.3 is 0 Å². The molecule has 12 heavy (non-hydrogen) atoms. The lowest BCUT2D eigenvalue weighted by Crippen LogP contribution is -2.45. The monoisotopic (exact) mass is 186 g/mol. The molecule has 0 radical (unpaired) electrons. The number of rotatable bonds is 1. The largest absolute Gasteiger partial charge is 0.256 e. The van der Waals surface area contributed by atoms with Crippen LogP contribution in [0.1, 0.15) is 25.7 Å². The van der Waals surface area contributed by atoms with Crippen LogP contribution in [0.2, 0.25) is 0 Å². The number of hydrogen-bond donors (Lipinski definition) is 0. The van der Waals surface area contributed by atoms with Gasteiger partial charge in [0.2, 0.25) is 0 Å². The van der Waals surface area contributed by atoms with Crippen LogP contribution in [0.5, 0.6) is 0 Å². The predicted octanol–water partition coefficient (Wildman–Crippen LogP) is 2.03. The molecule has 2 atom stereocenters. The molecule has 1 heterocycles. The summed E-state index contributed by atoms with van der Waals surface area (Å²) in [6, 6.07) is 0.454. The van der Waals surface area contributed by atoms with E-state index in [-0.39, 0.29) is 0 Å².